The fourth-order valence-electron chi connectivity index (χ4n) is 4.31. The molecule has 2 fully saturated rings. The van der Waals surface area contributed by atoms with E-state index in [2.05, 4.69) is 16.0 Å². The number of rotatable bonds is 3. The highest BCUT2D eigenvalue weighted by Crippen LogP contribution is 2.33. The Morgan fingerprint density at radius 2 is 1.92 bits per heavy atom. The lowest BCUT2D eigenvalue weighted by Crippen LogP contribution is -2.44. The first-order valence-corrected chi connectivity index (χ1v) is 9.68. The second kappa shape index (κ2) is 8.65. The Morgan fingerprint density at radius 1 is 1.12 bits per heavy atom. The van der Waals surface area contributed by atoms with E-state index >= 15 is 0 Å². The molecule has 3 rings (SSSR count). The molecular formula is C20H31N3O2. The van der Waals surface area contributed by atoms with Gasteiger partial charge in [0, 0.05) is 32.2 Å². The summed E-state index contributed by atoms with van der Waals surface area (Å²) in [4.78, 5) is 22.0. The summed E-state index contributed by atoms with van der Waals surface area (Å²) in [5.74, 6) is 1.15. The zero-order valence-corrected chi connectivity index (χ0v) is 15.6. The smallest absolute Gasteiger partial charge is 0.227 e. The molecule has 5 nitrogen and oxygen atoms in total. The van der Waals surface area contributed by atoms with Gasteiger partial charge in [-0.2, -0.15) is 0 Å². The fraction of sp³-hybridized carbons (Fsp3) is 0.700. The number of hydrogen-bond acceptors (Lipinski definition) is 4. The van der Waals surface area contributed by atoms with Crippen molar-refractivity contribution in [2.45, 2.75) is 57.5 Å². The summed E-state index contributed by atoms with van der Waals surface area (Å²) in [6.45, 7) is 2.76. The first kappa shape index (κ1) is 18.2. The monoisotopic (exact) mass is 345 g/mol. The molecule has 1 amide bonds. The van der Waals surface area contributed by atoms with Gasteiger partial charge < -0.3 is 9.64 Å². The molecule has 25 heavy (non-hydrogen) atoms. The van der Waals surface area contributed by atoms with Crippen LogP contribution in [0, 0.1) is 5.92 Å². The van der Waals surface area contributed by atoms with Gasteiger partial charge in [0.2, 0.25) is 11.8 Å². The summed E-state index contributed by atoms with van der Waals surface area (Å²) in [5, 5.41) is 0. The van der Waals surface area contributed by atoms with Crippen molar-refractivity contribution >= 4 is 5.91 Å². The number of ether oxygens (including phenoxy) is 1. The largest absolute Gasteiger partial charge is 0.481 e. The quantitative estimate of drug-likeness (QED) is 0.844. The van der Waals surface area contributed by atoms with Gasteiger partial charge in [-0.05, 0) is 38.3 Å². The third-order valence-electron chi connectivity index (χ3n) is 5.69. The molecule has 1 aliphatic carbocycles. The van der Waals surface area contributed by atoms with Gasteiger partial charge in [0.05, 0.1) is 18.7 Å². The SMILES string of the molecule is COc1cccc(CN2CCCCCCN(C)C(=O)[C@@H]3CCC[C@@H]32)n1. The zero-order valence-electron chi connectivity index (χ0n) is 15.6. The number of fused-ring (bicyclic) bond motifs is 1. The maximum atomic E-state index is 12.9. The number of nitrogens with zero attached hydrogens (tertiary/aromatic N) is 3. The van der Waals surface area contributed by atoms with E-state index in [0.29, 0.717) is 17.8 Å². The van der Waals surface area contributed by atoms with Gasteiger partial charge in [0.1, 0.15) is 0 Å². The van der Waals surface area contributed by atoms with Crippen molar-refractivity contribution in [3.63, 3.8) is 0 Å². The predicted molar refractivity (Wildman–Crippen MR) is 98.4 cm³/mol. The predicted octanol–water partition coefficient (Wildman–Crippen LogP) is 3.09. The first-order valence-electron chi connectivity index (χ1n) is 9.68. The van der Waals surface area contributed by atoms with E-state index in [1.807, 2.05) is 24.1 Å². The molecule has 0 unspecified atom stereocenters. The molecule has 0 spiro atoms. The van der Waals surface area contributed by atoms with Gasteiger partial charge in [0.15, 0.2) is 0 Å². The Labute approximate surface area is 151 Å². The number of carbonyl (C=O) groups excluding carboxylic acids is 1. The van der Waals surface area contributed by atoms with Crippen LogP contribution in [0.5, 0.6) is 5.88 Å². The van der Waals surface area contributed by atoms with Crippen molar-refractivity contribution in [3.8, 4) is 5.88 Å². The van der Waals surface area contributed by atoms with E-state index in [1.54, 1.807) is 7.11 Å². The molecule has 0 radical (unpaired) electrons. The molecule has 1 aromatic rings. The Bertz CT molecular complexity index is 578. The van der Waals surface area contributed by atoms with E-state index in [0.717, 1.165) is 51.0 Å². The Morgan fingerprint density at radius 3 is 2.72 bits per heavy atom. The molecule has 0 aromatic carbocycles. The van der Waals surface area contributed by atoms with Gasteiger partial charge in [-0.25, -0.2) is 4.98 Å². The second-order valence-electron chi connectivity index (χ2n) is 7.42. The van der Waals surface area contributed by atoms with Gasteiger partial charge in [-0.3, -0.25) is 9.69 Å². The van der Waals surface area contributed by atoms with Crippen molar-refractivity contribution < 1.29 is 9.53 Å². The maximum Gasteiger partial charge on any atom is 0.227 e. The van der Waals surface area contributed by atoms with Crippen LogP contribution >= 0.6 is 0 Å². The zero-order chi connectivity index (χ0) is 17.6. The van der Waals surface area contributed by atoms with Crippen LogP contribution in [-0.2, 0) is 11.3 Å². The summed E-state index contributed by atoms with van der Waals surface area (Å²) in [6, 6.07) is 6.29. The topological polar surface area (TPSA) is 45.7 Å². The number of methoxy groups -OCH3 is 1. The fourth-order valence-corrected chi connectivity index (χ4v) is 4.31. The molecule has 1 aromatic heterocycles. The normalized spacial score (nSPS) is 26.2. The van der Waals surface area contributed by atoms with E-state index < -0.39 is 0 Å². The van der Waals surface area contributed by atoms with Crippen molar-refractivity contribution in [1.82, 2.24) is 14.8 Å². The van der Waals surface area contributed by atoms with Crippen LogP contribution in [0.25, 0.3) is 0 Å². The lowest BCUT2D eigenvalue weighted by atomic mass is 9.99. The summed E-state index contributed by atoms with van der Waals surface area (Å²) in [6.07, 6.45) is 8.06. The second-order valence-corrected chi connectivity index (χ2v) is 7.42. The number of carbonyl (C=O) groups is 1. The molecule has 2 atom stereocenters. The van der Waals surface area contributed by atoms with Gasteiger partial charge >= 0.3 is 0 Å². The summed E-state index contributed by atoms with van der Waals surface area (Å²) < 4.78 is 5.27. The van der Waals surface area contributed by atoms with Crippen molar-refractivity contribution in [1.29, 1.82) is 0 Å². The van der Waals surface area contributed by atoms with Crippen LogP contribution in [0.15, 0.2) is 18.2 Å². The Balaban J connectivity index is 1.79. The molecule has 1 saturated heterocycles. The van der Waals surface area contributed by atoms with E-state index in [4.69, 9.17) is 4.74 Å². The van der Waals surface area contributed by atoms with E-state index in [1.165, 1.54) is 19.3 Å². The van der Waals surface area contributed by atoms with Crippen LogP contribution in [0.4, 0.5) is 0 Å². The third-order valence-corrected chi connectivity index (χ3v) is 5.69. The minimum Gasteiger partial charge on any atom is -0.481 e. The molecule has 0 N–H and O–H groups in total. The highest BCUT2D eigenvalue weighted by atomic mass is 16.5. The molecule has 138 valence electrons. The Hall–Kier alpha value is -1.62. The maximum absolute atomic E-state index is 12.9. The summed E-state index contributed by atoms with van der Waals surface area (Å²) in [5.41, 5.74) is 1.03. The van der Waals surface area contributed by atoms with Crippen LogP contribution in [0.1, 0.15) is 50.6 Å². The van der Waals surface area contributed by atoms with Gasteiger partial charge in [0.25, 0.3) is 0 Å². The standard InChI is InChI=1S/C20H31N3O2/c1-22-13-5-3-4-6-14-23(18-11-8-10-17(18)20(22)24)15-16-9-7-12-19(21-16)25-2/h7,9,12,17-18H,3-6,8,10-11,13-15H2,1-2H3/t17-,18+/m1/s1. The summed E-state index contributed by atoms with van der Waals surface area (Å²) >= 11 is 0. The summed E-state index contributed by atoms with van der Waals surface area (Å²) in [7, 11) is 3.63. The molecule has 1 saturated carbocycles. The van der Waals surface area contributed by atoms with Crippen LogP contribution < -0.4 is 4.74 Å². The Kier molecular flexibility index (Phi) is 6.29. The molecule has 0 bridgehead atoms. The molecule has 1 aliphatic heterocycles. The van der Waals surface area contributed by atoms with E-state index in [-0.39, 0.29) is 5.92 Å². The highest BCUT2D eigenvalue weighted by Gasteiger charge is 2.38. The van der Waals surface area contributed by atoms with Gasteiger partial charge in [-0.1, -0.05) is 25.3 Å². The van der Waals surface area contributed by atoms with Gasteiger partial charge in [-0.15, -0.1) is 0 Å². The van der Waals surface area contributed by atoms with Crippen molar-refractivity contribution in [2.75, 3.05) is 27.2 Å². The van der Waals surface area contributed by atoms with Crippen LogP contribution in [0.2, 0.25) is 0 Å². The molecule has 5 heteroatoms. The lowest BCUT2D eigenvalue weighted by molar-refractivity contribution is -0.136. The highest BCUT2D eigenvalue weighted by molar-refractivity contribution is 5.79. The van der Waals surface area contributed by atoms with Crippen molar-refractivity contribution in [2.24, 2.45) is 5.92 Å². The van der Waals surface area contributed by atoms with E-state index in [9.17, 15) is 4.79 Å². The minimum atomic E-state index is 0.147. The molecule has 2 aliphatic rings. The lowest BCUT2D eigenvalue weighted by Gasteiger charge is -2.33. The molecule has 2 heterocycles. The first-order chi connectivity index (χ1) is 12.2. The third kappa shape index (κ3) is 4.51. The molecular weight excluding hydrogens is 314 g/mol. The average molecular weight is 345 g/mol. The number of aromatic nitrogens is 1. The van der Waals surface area contributed by atoms with Crippen molar-refractivity contribution in [3.05, 3.63) is 23.9 Å². The minimum absolute atomic E-state index is 0.147. The number of pyridine rings is 1. The average Bonchev–Trinajstić information content (AvgIpc) is 3.11. The number of hydrogen-bond donors (Lipinski definition) is 0. The van der Waals surface area contributed by atoms with Crippen LogP contribution in [0.3, 0.4) is 0 Å². The van der Waals surface area contributed by atoms with Crippen LogP contribution in [-0.4, -0.2) is 54.0 Å². The number of amides is 1.